The van der Waals surface area contributed by atoms with Gasteiger partial charge in [0, 0.05) is 12.6 Å². The second kappa shape index (κ2) is 9.95. The van der Waals surface area contributed by atoms with Gasteiger partial charge in [0.2, 0.25) is 0 Å². The van der Waals surface area contributed by atoms with Crippen LogP contribution in [0.4, 0.5) is 0 Å². The van der Waals surface area contributed by atoms with Crippen LogP contribution in [-0.2, 0) is 11.2 Å². The molecule has 2 rings (SSSR count). The number of aliphatic hydroxyl groups excluding tert-OH is 1. The van der Waals surface area contributed by atoms with E-state index >= 15 is 0 Å². The monoisotopic (exact) mass is 411 g/mol. The van der Waals surface area contributed by atoms with Crippen LogP contribution >= 0.6 is 23.2 Å². The number of carboxylic acids is 1. The molecule has 3 atom stereocenters. The van der Waals surface area contributed by atoms with Crippen LogP contribution < -0.4 is 10.1 Å². The first-order valence-corrected chi connectivity index (χ1v) is 9.36. The Morgan fingerprint density at radius 3 is 2.37 bits per heavy atom. The van der Waals surface area contributed by atoms with E-state index in [1.54, 1.807) is 30.3 Å². The van der Waals surface area contributed by atoms with E-state index in [-0.39, 0.29) is 6.04 Å². The van der Waals surface area contributed by atoms with Gasteiger partial charge in [0.25, 0.3) is 0 Å². The van der Waals surface area contributed by atoms with E-state index < -0.39 is 18.2 Å². The van der Waals surface area contributed by atoms with Crippen LogP contribution in [0.5, 0.6) is 5.75 Å². The lowest BCUT2D eigenvalue weighted by Gasteiger charge is -2.18. The molecule has 2 aromatic carbocycles. The standard InChI is InChI=1S/C20H23Cl2NO4/c1-12(23-11-19(24)15-5-8-17(21)18(22)10-15)9-14-3-6-16(7-4-14)27-13(2)20(25)26/h3-8,10,12-13,19,23-24H,9,11H2,1-2H3,(H,25,26). The molecule has 0 aliphatic rings. The highest BCUT2D eigenvalue weighted by molar-refractivity contribution is 6.42. The maximum absolute atomic E-state index is 10.8. The molecule has 0 heterocycles. The number of hydrogen-bond acceptors (Lipinski definition) is 4. The molecule has 0 aliphatic carbocycles. The summed E-state index contributed by atoms with van der Waals surface area (Å²) in [6.45, 7) is 3.90. The zero-order chi connectivity index (χ0) is 20.0. The normalized spacial score (nSPS) is 14.4. The average molecular weight is 412 g/mol. The number of benzene rings is 2. The Morgan fingerprint density at radius 1 is 1.11 bits per heavy atom. The van der Waals surface area contributed by atoms with E-state index in [1.165, 1.54) is 6.92 Å². The smallest absolute Gasteiger partial charge is 0.344 e. The Hall–Kier alpha value is -1.79. The summed E-state index contributed by atoms with van der Waals surface area (Å²) in [4.78, 5) is 10.8. The van der Waals surface area contributed by atoms with Crippen molar-refractivity contribution >= 4 is 29.2 Å². The summed E-state index contributed by atoms with van der Waals surface area (Å²) in [5, 5.41) is 23.3. The first kappa shape index (κ1) is 21.5. The van der Waals surface area contributed by atoms with Crippen LogP contribution in [0, 0.1) is 0 Å². The molecule has 3 N–H and O–H groups in total. The molecule has 0 radical (unpaired) electrons. The number of carbonyl (C=O) groups is 1. The van der Waals surface area contributed by atoms with Gasteiger partial charge in [0.05, 0.1) is 16.1 Å². The number of hydrogen-bond donors (Lipinski definition) is 3. The third-order valence-corrected chi connectivity index (χ3v) is 4.85. The number of nitrogens with one attached hydrogen (secondary N) is 1. The van der Waals surface area contributed by atoms with Gasteiger partial charge in [0.1, 0.15) is 5.75 Å². The van der Waals surface area contributed by atoms with E-state index in [4.69, 9.17) is 33.0 Å². The maximum Gasteiger partial charge on any atom is 0.344 e. The van der Waals surface area contributed by atoms with Crippen molar-refractivity contribution in [1.29, 1.82) is 0 Å². The average Bonchev–Trinajstić information content (AvgIpc) is 2.63. The zero-order valence-electron chi connectivity index (χ0n) is 15.2. The van der Waals surface area contributed by atoms with Crippen molar-refractivity contribution in [3.63, 3.8) is 0 Å². The SMILES string of the molecule is CC(Cc1ccc(OC(C)C(=O)O)cc1)NCC(O)c1ccc(Cl)c(Cl)c1. The minimum absolute atomic E-state index is 0.132. The summed E-state index contributed by atoms with van der Waals surface area (Å²) in [7, 11) is 0. The molecule has 0 fully saturated rings. The fourth-order valence-electron chi connectivity index (χ4n) is 2.53. The van der Waals surface area contributed by atoms with E-state index in [0.717, 1.165) is 12.0 Å². The molecular formula is C20H23Cl2NO4. The summed E-state index contributed by atoms with van der Waals surface area (Å²) in [5.74, 6) is -0.485. The van der Waals surface area contributed by atoms with Gasteiger partial charge < -0.3 is 20.3 Å². The van der Waals surface area contributed by atoms with Crippen molar-refractivity contribution in [3.8, 4) is 5.75 Å². The number of rotatable bonds is 9. The third kappa shape index (κ3) is 6.70. The van der Waals surface area contributed by atoms with Crippen molar-refractivity contribution < 1.29 is 19.7 Å². The van der Waals surface area contributed by atoms with Gasteiger partial charge >= 0.3 is 5.97 Å². The minimum Gasteiger partial charge on any atom is -0.479 e. The number of ether oxygens (including phenoxy) is 1. The van der Waals surface area contributed by atoms with E-state index in [1.807, 2.05) is 19.1 Å². The topological polar surface area (TPSA) is 78.8 Å². The molecule has 0 aromatic heterocycles. The van der Waals surface area contributed by atoms with Gasteiger partial charge in [0.15, 0.2) is 6.10 Å². The van der Waals surface area contributed by atoms with Gasteiger partial charge in [-0.05, 0) is 55.7 Å². The van der Waals surface area contributed by atoms with Crippen molar-refractivity contribution in [2.75, 3.05) is 6.54 Å². The highest BCUT2D eigenvalue weighted by atomic mass is 35.5. The van der Waals surface area contributed by atoms with Crippen LogP contribution in [-0.4, -0.2) is 34.9 Å². The van der Waals surface area contributed by atoms with Crippen LogP contribution in [0.25, 0.3) is 0 Å². The minimum atomic E-state index is -1.00. The third-order valence-electron chi connectivity index (χ3n) is 4.11. The predicted octanol–water partition coefficient (Wildman–Crippen LogP) is 4.10. The van der Waals surface area contributed by atoms with Crippen LogP contribution in [0.15, 0.2) is 42.5 Å². The molecule has 0 amide bonds. The number of aliphatic carboxylic acids is 1. The van der Waals surface area contributed by atoms with Gasteiger partial charge in [-0.2, -0.15) is 0 Å². The Kier molecular flexibility index (Phi) is 7.92. The molecule has 2 aromatic rings. The summed E-state index contributed by atoms with van der Waals surface area (Å²) in [6, 6.07) is 12.5. The van der Waals surface area contributed by atoms with Gasteiger partial charge in [-0.25, -0.2) is 4.79 Å². The molecule has 0 saturated carbocycles. The highest BCUT2D eigenvalue weighted by Gasteiger charge is 2.13. The molecule has 3 unspecified atom stereocenters. The van der Waals surface area contributed by atoms with Gasteiger partial charge in [-0.1, -0.05) is 41.4 Å². The van der Waals surface area contributed by atoms with E-state index in [9.17, 15) is 9.90 Å². The lowest BCUT2D eigenvalue weighted by Crippen LogP contribution is -2.32. The zero-order valence-corrected chi connectivity index (χ0v) is 16.7. The van der Waals surface area contributed by atoms with Crippen molar-refractivity contribution in [2.24, 2.45) is 0 Å². The van der Waals surface area contributed by atoms with Gasteiger partial charge in [-0.15, -0.1) is 0 Å². The highest BCUT2D eigenvalue weighted by Crippen LogP contribution is 2.25. The molecule has 0 saturated heterocycles. The molecule has 146 valence electrons. The summed E-state index contributed by atoms with van der Waals surface area (Å²) >= 11 is 11.9. The lowest BCUT2D eigenvalue weighted by molar-refractivity contribution is -0.144. The lowest BCUT2D eigenvalue weighted by atomic mass is 10.1. The predicted molar refractivity (Wildman–Crippen MR) is 107 cm³/mol. The summed E-state index contributed by atoms with van der Waals surface area (Å²) < 4.78 is 5.31. The first-order valence-electron chi connectivity index (χ1n) is 8.61. The molecule has 0 spiro atoms. The Bertz CT molecular complexity index is 767. The number of aliphatic hydroxyl groups is 1. The number of halogens is 2. The fourth-order valence-corrected chi connectivity index (χ4v) is 2.84. The molecule has 5 nitrogen and oxygen atoms in total. The van der Waals surface area contributed by atoms with Crippen molar-refractivity contribution in [2.45, 2.75) is 38.5 Å². The van der Waals surface area contributed by atoms with E-state index in [0.29, 0.717) is 27.9 Å². The number of carboxylic acid groups (broad SMARTS) is 1. The van der Waals surface area contributed by atoms with Crippen LogP contribution in [0.1, 0.15) is 31.1 Å². The molecule has 0 bridgehead atoms. The maximum atomic E-state index is 10.8. The Morgan fingerprint density at radius 2 is 1.78 bits per heavy atom. The Balaban J connectivity index is 1.83. The Labute approximate surface area is 168 Å². The largest absolute Gasteiger partial charge is 0.479 e. The van der Waals surface area contributed by atoms with Crippen molar-refractivity contribution in [1.82, 2.24) is 5.32 Å². The fraction of sp³-hybridized carbons (Fsp3) is 0.350. The van der Waals surface area contributed by atoms with Crippen LogP contribution in [0.3, 0.4) is 0 Å². The van der Waals surface area contributed by atoms with Crippen molar-refractivity contribution in [3.05, 3.63) is 63.6 Å². The quantitative estimate of drug-likeness (QED) is 0.578. The molecular weight excluding hydrogens is 389 g/mol. The molecule has 7 heteroatoms. The second-order valence-electron chi connectivity index (χ2n) is 6.45. The van der Waals surface area contributed by atoms with E-state index in [2.05, 4.69) is 5.32 Å². The second-order valence-corrected chi connectivity index (χ2v) is 7.26. The first-order chi connectivity index (χ1) is 12.8. The molecule has 27 heavy (non-hydrogen) atoms. The summed E-state index contributed by atoms with van der Waals surface area (Å²) in [5.41, 5.74) is 1.78. The summed E-state index contributed by atoms with van der Waals surface area (Å²) in [6.07, 6.45) is -0.821. The van der Waals surface area contributed by atoms with Crippen LogP contribution in [0.2, 0.25) is 10.0 Å². The molecule has 0 aliphatic heterocycles. The van der Waals surface area contributed by atoms with Gasteiger partial charge in [-0.3, -0.25) is 0 Å².